The summed E-state index contributed by atoms with van der Waals surface area (Å²) < 4.78 is 30.2. The van der Waals surface area contributed by atoms with Gasteiger partial charge in [0.15, 0.2) is 5.76 Å². The molecule has 7 nitrogen and oxygen atoms in total. The van der Waals surface area contributed by atoms with E-state index in [0.717, 1.165) is 0 Å². The van der Waals surface area contributed by atoms with Crippen molar-refractivity contribution in [1.82, 2.24) is 9.78 Å². The number of hydrogen-bond acceptors (Lipinski definition) is 5. The number of halogens is 1. The van der Waals surface area contributed by atoms with Crippen LogP contribution in [0.15, 0.2) is 53.2 Å². The highest BCUT2D eigenvalue weighted by Gasteiger charge is 2.13. The van der Waals surface area contributed by atoms with Crippen molar-refractivity contribution in [2.75, 3.05) is 12.4 Å². The van der Waals surface area contributed by atoms with Crippen LogP contribution in [-0.2, 0) is 18.1 Å². The van der Waals surface area contributed by atoms with Gasteiger partial charge in [0.05, 0.1) is 18.1 Å². The fraction of sp³-hybridized carbons (Fsp3) is 0.176. The second-order valence-electron chi connectivity index (χ2n) is 5.15. The summed E-state index contributed by atoms with van der Waals surface area (Å²) in [5.41, 5.74) is 0.530. The first kappa shape index (κ1) is 16.7. The van der Waals surface area contributed by atoms with E-state index in [-0.39, 0.29) is 18.2 Å². The quantitative estimate of drug-likeness (QED) is 0.712. The number of carbonyl (C=O) groups excluding carboxylic acids is 1. The molecule has 1 N–H and O–H groups in total. The molecule has 0 unspecified atom stereocenters. The molecule has 0 bridgehead atoms. The molecule has 3 rings (SSSR count). The number of nitrogens with one attached hydrogen (secondary N) is 1. The van der Waals surface area contributed by atoms with Gasteiger partial charge in [-0.3, -0.25) is 4.79 Å². The number of nitrogens with zero attached hydrogens (tertiary/aromatic N) is 2. The van der Waals surface area contributed by atoms with Crippen molar-refractivity contribution in [1.29, 1.82) is 0 Å². The van der Waals surface area contributed by atoms with Crippen molar-refractivity contribution in [2.45, 2.75) is 13.3 Å². The second kappa shape index (κ2) is 7.63. The van der Waals surface area contributed by atoms with E-state index >= 15 is 0 Å². The maximum absolute atomic E-state index is 12.8. The zero-order valence-corrected chi connectivity index (χ0v) is 13.4. The van der Waals surface area contributed by atoms with Crippen LogP contribution in [0, 0.1) is 5.82 Å². The molecule has 0 fully saturated rings. The lowest BCUT2D eigenvalue weighted by Gasteiger charge is -2.03. The SMILES string of the molecule is COCn1cc(NC(=O)c2ccc(COc3ccc(F)cc3)o2)cn1. The van der Waals surface area contributed by atoms with Crippen LogP contribution in [0.4, 0.5) is 10.1 Å². The van der Waals surface area contributed by atoms with Crippen molar-refractivity contribution < 1.29 is 23.1 Å². The Kier molecular flexibility index (Phi) is 5.10. The Balaban J connectivity index is 1.56. The van der Waals surface area contributed by atoms with Crippen molar-refractivity contribution in [3.63, 3.8) is 0 Å². The van der Waals surface area contributed by atoms with Gasteiger partial charge in [-0.05, 0) is 36.4 Å². The third-order valence-corrected chi connectivity index (χ3v) is 3.23. The van der Waals surface area contributed by atoms with Gasteiger partial charge in [0, 0.05) is 7.11 Å². The minimum atomic E-state index is -0.398. The molecular formula is C17H16FN3O4. The fourth-order valence-corrected chi connectivity index (χ4v) is 2.09. The number of ether oxygens (including phenoxy) is 2. The van der Waals surface area contributed by atoms with Crippen LogP contribution in [0.5, 0.6) is 5.75 Å². The summed E-state index contributed by atoms with van der Waals surface area (Å²) in [5, 5.41) is 6.70. The predicted molar refractivity (Wildman–Crippen MR) is 86.6 cm³/mol. The van der Waals surface area contributed by atoms with E-state index < -0.39 is 5.91 Å². The highest BCUT2D eigenvalue weighted by Crippen LogP contribution is 2.16. The van der Waals surface area contributed by atoms with Crippen LogP contribution in [0.1, 0.15) is 16.3 Å². The first-order valence-corrected chi connectivity index (χ1v) is 7.44. The lowest BCUT2D eigenvalue weighted by molar-refractivity contribution is 0.0992. The van der Waals surface area contributed by atoms with Gasteiger partial charge in [0.1, 0.15) is 30.7 Å². The van der Waals surface area contributed by atoms with Crippen LogP contribution in [0.3, 0.4) is 0 Å². The Bertz CT molecular complexity index is 842. The van der Waals surface area contributed by atoms with Gasteiger partial charge in [0.25, 0.3) is 5.91 Å². The smallest absolute Gasteiger partial charge is 0.291 e. The number of hydrogen-bond donors (Lipinski definition) is 1. The first-order chi connectivity index (χ1) is 12.1. The normalized spacial score (nSPS) is 10.6. The van der Waals surface area contributed by atoms with Crippen LogP contribution in [0.2, 0.25) is 0 Å². The second-order valence-corrected chi connectivity index (χ2v) is 5.15. The average Bonchev–Trinajstić information content (AvgIpc) is 3.24. The molecule has 0 saturated heterocycles. The van der Waals surface area contributed by atoms with Crippen molar-refractivity contribution in [3.05, 3.63) is 66.1 Å². The molecule has 1 aromatic carbocycles. The summed E-state index contributed by atoms with van der Waals surface area (Å²) in [4.78, 5) is 12.2. The number of benzene rings is 1. The summed E-state index contributed by atoms with van der Waals surface area (Å²) in [7, 11) is 1.55. The number of amides is 1. The number of carbonyl (C=O) groups is 1. The molecule has 0 spiro atoms. The number of methoxy groups -OCH3 is 1. The number of furan rings is 1. The Morgan fingerprint density at radius 2 is 2.08 bits per heavy atom. The number of rotatable bonds is 7. The Morgan fingerprint density at radius 3 is 2.84 bits per heavy atom. The van der Waals surface area contributed by atoms with Crippen LogP contribution < -0.4 is 10.1 Å². The molecule has 0 radical (unpaired) electrons. The molecule has 1 amide bonds. The average molecular weight is 345 g/mol. The lowest BCUT2D eigenvalue weighted by Crippen LogP contribution is -2.10. The van der Waals surface area contributed by atoms with Gasteiger partial charge < -0.3 is 19.2 Å². The van der Waals surface area contributed by atoms with E-state index in [1.165, 1.54) is 30.5 Å². The molecule has 0 aliphatic rings. The van der Waals surface area contributed by atoms with Crippen LogP contribution >= 0.6 is 0 Å². The van der Waals surface area contributed by atoms with Gasteiger partial charge in [-0.2, -0.15) is 5.10 Å². The van der Waals surface area contributed by atoms with E-state index in [1.807, 2.05) is 0 Å². The molecule has 0 aliphatic carbocycles. The third kappa shape index (κ3) is 4.45. The van der Waals surface area contributed by atoms with Gasteiger partial charge in [-0.1, -0.05) is 0 Å². The molecule has 3 aromatic rings. The van der Waals surface area contributed by atoms with Crippen molar-refractivity contribution >= 4 is 11.6 Å². The summed E-state index contributed by atoms with van der Waals surface area (Å²) in [6.07, 6.45) is 3.15. The van der Waals surface area contributed by atoms with Gasteiger partial charge in [-0.15, -0.1) is 0 Å². The van der Waals surface area contributed by atoms with E-state index in [9.17, 15) is 9.18 Å². The molecule has 0 aliphatic heterocycles. The molecular weight excluding hydrogens is 329 g/mol. The molecule has 0 atom stereocenters. The highest BCUT2D eigenvalue weighted by molar-refractivity contribution is 6.02. The molecule has 130 valence electrons. The van der Waals surface area contributed by atoms with E-state index in [2.05, 4.69) is 10.4 Å². The molecule has 2 heterocycles. The summed E-state index contributed by atoms with van der Waals surface area (Å²) in [6, 6.07) is 8.85. The Hall–Kier alpha value is -3.13. The van der Waals surface area contributed by atoms with Gasteiger partial charge >= 0.3 is 0 Å². The van der Waals surface area contributed by atoms with E-state index in [4.69, 9.17) is 13.9 Å². The van der Waals surface area contributed by atoms with E-state index in [1.54, 1.807) is 30.1 Å². The van der Waals surface area contributed by atoms with Crippen LogP contribution in [-0.4, -0.2) is 22.8 Å². The lowest BCUT2D eigenvalue weighted by atomic mass is 10.3. The molecule has 25 heavy (non-hydrogen) atoms. The molecule has 2 aromatic heterocycles. The predicted octanol–water partition coefficient (Wildman–Crippen LogP) is 3.05. The monoisotopic (exact) mass is 345 g/mol. The summed E-state index contributed by atoms with van der Waals surface area (Å²) in [5.74, 6) is 0.402. The minimum absolute atomic E-state index is 0.130. The largest absolute Gasteiger partial charge is 0.486 e. The van der Waals surface area contributed by atoms with Gasteiger partial charge in [0.2, 0.25) is 0 Å². The zero-order valence-electron chi connectivity index (χ0n) is 13.4. The Labute approximate surface area is 143 Å². The van der Waals surface area contributed by atoms with Gasteiger partial charge in [-0.25, -0.2) is 9.07 Å². The summed E-state index contributed by atoms with van der Waals surface area (Å²) in [6.45, 7) is 0.423. The topological polar surface area (TPSA) is 78.5 Å². The highest BCUT2D eigenvalue weighted by atomic mass is 19.1. The fourth-order valence-electron chi connectivity index (χ4n) is 2.09. The first-order valence-electron chi connectivity index (χ1n) is 7.44. The van der Waals surface area contributed by atoms with Crippen molar-refractivity contribution in [2.24, 2.45) is 0 Å². The maximum Gasteiger partial charge on any atom is 0.291 e. The summed E-state index contributed by atoms with van der Waals surface area (Å²) >= 11 is 0. The minimum Gasteiger partial charge on any atom is -0.486 e. The standard InChI is InChI=1S/C17H16FN3O4/c1-23-11-21-9-13(8-19-21)20-17(22)16-7-6-15(25-16)10-24-14-4-2-12(18)3-5-14/h2-9H,10-11H2,1H3,(H,20,22). The Morgan fingerprint density at radius 1 is 1.28 bits per heavy atom. The molecule has 8 heteroatoms. The van der Waals surface area contributed by atoms with Crippen molar-refractivity contribution in [3.8, 4) is 5.75 Å². The number of anilines is 1. The van der Waals surface area contributed by atoms with E-state index in [0.29, 0.717) is 23.9 Å². The zero-order chi connectivity index (χ0) is 17.6. The van der Waals surface area contributed by atoms with Crippen LogP contribution in [0.25, 0.3) is 0 Å². The third-order valence-electron chi connectivity index (χ3n) is 3.23. The number of aromatic nitrogens is 2. The maximum atomic E-state index is 12.8. The molecule has 0 saturated carbocycles.